The third kappa shape index (κ3) is 4.07. The molecule has 0 aliphatic heterocycles. The Bertz CT molecular complexity index is 650. The van der Waals surface area contributed by atoms with Crippen LogP contribution in [0.4, 0.5) is 14.9 Å². The second-order valence-electron chi connectivity index (χ2n) is 6.04. The third-order valence-corrected chi connectivity index (χ3v) is 3.65. The first-order chi connectivity index (χ1) is 10.4. The van der Waals surface area contributed by atoms with Crippen LogP contribution in [-0.2, 0) is 5.41 Å². The topological polar surface area (TPSA) is 41.1 Å². The summed E-state index contributed by atoms with van der Waals surface area (Å²) in [5, 5.41) is 5.31. The van der Waals surface area contributed by atoms with E-state index in [0.29, 0.717) is 6.54 Å². The molecule has 0 radical (unpaired) electrons. The molecule has 3 nitrogen and oxygen atoms in total. The van der Waals surface area contributed by atoms with Gasteiger partial charge >= 0.3 is 6.03 Å². The highest BCUT2D eigenvalue weighted by molar-refractivity contribution is 5.89. The van der Waals surface area contributed by atoms with E-state index in [2.05, 4.69) is 48.7 Å². The van der Waals surface area contributed by atoms with Gasteiger partial charge < -0.3 is 10.6 Å². The predicted molar refractivity (Wildman–Crippen MR) is 87.6 cm³/mol. The highest BCUT2D eigenvalue weighted by Gasteiger charge is 2.21. The first kappa shape index (κ1) is 16.0. The van der Waals surface area contributed by atoms with Crippen molar-refractivity contribution in [1.82, 2.24) is 5.32 Å². The van der Waals surface area contributed by atoms with Gasteiger partial charge in [-0.05, 0) is 24.6 Å². The Balaban J connectivity index is 1.95. The molecule has 116 valence electrons. The molecule has 2 amide bonds. The molecular formula is C18H21FN2O. The number of hydrogen-bond acceptors (Lipinski definition) is 1. The number of urea groups is 1. The van der Waals surface area contributed by atoms with Gasteiger partial charge in [-0.2, -0.15) is 0 Å². The van der Waals surface area contributed by atoms with E-state index in [0.717, 1.165) is 5.56 Å². The van der Waals surface area contributed by atoms with Crippen molar-refractivity contribution in [3.8, 4) is 0 Å². The lowest BCUT2D eigenvalue weighted by Gasteiger charge is -2.26. The molecule has 4 heteroatoms. The summed E-state index contributed by atoms with van der Waals surface area (Å²) in [7, 11) is 0. The summed E-state index contributed by atoms with van der Waals surface area (Å²) in [4.78, 5) is 11.9. The molecule has 0 heterocycles. The Morgan fingerprint density at radius 1 is 1.09 bits per heavy atom. The van der Waals surface area contributed by atoms with Crippen LogP contribution in [0.1, 0.15) is 25.0 Å². The van der Waals surface area contributed by atoms with Crippen molar-refractivity contribution in [2.45, 2.75) is 26.2 Å². The van der Waals surface area contributed by atoms with Crippen LogP contribution in [0.25, 0.3) is 0 Å². The lowest BCUT2D eigenvalue weighted by molar-refractivity contribution is 0.249. The first-order valence-corrected chi connectivity index (χ1v) is 7.25. The van der Waals surface area contributed by atoms with Crippen LogP contribution in [0.5, 0.6) is 0 Å². The van der Waals surface area contributed by atoms with Crippen LogP contribution in [0, 0.1) is 12.7 Å². The molecule has 2 aromatic carbocycles. The van der Waals surface area contributed by atoms with Gasteiger partial charge in [-0.3, -0.25) is 0 Å². The number of carbonyl (C=O) groups excluding carboxylic acids is 1. The fraction of sp³-hybridized carbons (Fsp3) is 0.278. The number of halogens is 1. The molecule has 0 bridgehead atoms. The molecule has 0 saturated carbocycles. The van der Waals surface area contributed by atoms with Crippen molar-refractivity contribution in [1.29, 1.82) is 0 Å². The standard InChI is InChI=1S/C18H21FN2O/c1-13-8-10-14(11-9-13)18(2,3)12-20-17(22)21-16-7-5-4-6-15(16)19/h4-11H,12H2,1-3H3,(H2,20,21,22). The highest BCUT2D eigenvalue weighted by Crippen LogP contribution is 2.22. The number of hydrogen-bond donors (Lipinski definition) is 2. The average Bonchev–Trinajstić information content (AvgIpc) is 2.48. The summed E-state index contributed by atoms with van der Waals surface area (Å²) in [6, 6.07) is 13.9. The van der Waals surface area contributed by atoms with E-state index >= 15 is 0 Å². The molecule has 0 fully saturated rings. The Kier molecular flexibility index (Phi) is 4.81. The van der Waals surface area contributed by atoms with E-state index in [1.54, 1.807) is 12.1 Å². The monoisotopic (exact) mass is 300 g/mol. The zero-order valence-electron chi connectivity index (χ0n) is 13.1. The van der Waals surface area contributed by atoms with Crippen molar-refractivity contribution in [3.05, 3.63) is 65.5 Å². The van der Waals surface area contributed by atoms with Crippen molar-refractivity contribution >= 4 is 11.7 Å². The number of aryl methyl sites for hydroxylation is 1. The van der Waals surface area contributed by atoms with E-state index in [1.165, 1.54) is 17.7 Å². The van der Waals surface area contributed by atoms with Crippen molar-refractivity contribution in [2.24, 2.45) is 0 Å². The molecule has 22 heavy (non-hydrogen) atoms. The molecular weight excluding hydrogens is 279 g/mol. The van der Waals surface area contributed by atoms with Gasteiger partial charge in [0.2, 0.25) is 0 Å². The van der Waals surface area contributed by atoms with Crippen molar-refractivity contribution < 1.29 is 9.18 Å². The minimum atomic E-state index is -0.449. The van der Waals surface area contributed by atoms with Crippen LogP contribution in [-0.4, -0.2) is 12.6 Å². The smallest absolute Gasteiger partial charge is 0.319 e. The quantitative estimate of drug-likeness (QED) is 0.871. The molecule has 0 saturated heterocycles. The number of anilines is 1. The highest BCUT2D eigenvalue weighted by atomic mass is 19.1. The Morgan fingerprint density at radius 2 is 1.73 bits per heavy atom. The molecule has 2 N–H and O–H groups in total. The Labute approximate surface area is 130 Å². The summed E-state index contributed by atoms with van der Waals surface area (Å²) in [6.45, 7) is 6.61. The maximum atomic E-state index is 13.5. The number of amides is 2. The summed E-state index contributed by atoms with van der Waals surface area (Å²) in [6.07, 6.45) is 0. The zero-order chi connectivity index (χ0) is 16.2. The Hall–Kier alpha value is -2.36. The Morgan fingerprint density at radius 3 is 2.36 bits per heavy atom. The van der Waals surface area contributed by atoms with Gasteiger partial charge in [-0.1, -0.05) is 55.8 Å². The van der Waals surface area contributed by atoms with Crippen LogP contribution >= 0.6 is 0 Å². The van der Waals surface area contributed by atoms with E-state index in [-0.39, 0.29) is 11.1 Å². The van der Waals surface area contributed by atoms with E-state index in [4.69, 9.17) is 0 Å². The molecule has 0 spiro atoms. The van der Waals surface area contributed by atoms with Crippen LogP contribution < -0.4 is 10.6 Å². The number of rotatable bonds is 4. The van der Waals surface area contributed by atoms with Crippen molar-refractivity contribution in [2.75, 3.05) is 11.9 Å². The maximum Gasteiger partial charge on any atom is 0.319 e. The third-order valence-electron chi connectivity index (χ3n) is 3.65. The van der Waals surface area contributed by atoms with Crippen LogP contribution in [0.15, 0.2) is 48.5 Å². The van der Waals surface area contributed by atoms with Gasteiger partial charge in [-0.25, -0.2) is 9.18 Å². The first-order valence-electron chi connectivity index (χ1n) is 7.25. The summed E-state index contributed by atoms with van der Waals surface area (Å²) in [5.41, 5.74) is 2.31. The zero-order valence-corrected chi connectivity index (χ0v) is 13.1. The predicted octanol–water partition coefficient (Wildman–Crippen LogP) is 4.23. The molecule has 2 rings (SSSR count). The van der Waals surface area contributed by atoms with E-state index in [9.17, 15) is 9.18 Å². The van der Waals surface area contributed by atoms with Gasteiger partial charge in [-0.15, -0.1) is 0 Å². The fourth-order valence-electron chi connectivity index (χ4n) is 2.14. The summed E-state index contributed by atoms with van der Waals surface area (Å²) < 4.78 is 13.5. The van der Waals surface area contributed by atoms with Crippen molar-refractivity contribution in [3.63, 3.8) is 0 Å². The summed E-state index contributed by atoms with van der Waals surface area (Å²) >= 11 is 0. The second kappa shape index (κ2) is 6.60. The van der Waals surface area contributed by atoms with Crippen LogP contribution in [0.3, 0.4) is 0 Å². The summed E-state index contributed by atoms with van der Waals surface area (Å²) in [5.74, 6) is -0.449. The van der Waals surface area contributed by atoms with Gasteiger partial charge in [0.15, 0.2) is 0 Å². The fourth-order valence-corrected chi connectivity index (χ4v) is 2.14. The largest absolute Gasteiger partial charge is 0.337 e. The van der Waals surface area contributed by atoms with Gasteiger partial charge in [0.1, 0.15) is 5.82 Å². The minimum absolute atomic E-state index is 0.174. The molecule has 0 aliphatic rings. The SMILES string of the molecule is Cc1ccc(C(C)(C)CNC(=O)Nc2ccccc2F)cc1. The minimum Gasteiger partial charge on any atom is -0.337 e. The maximum absolute atomic E-state index is 13.5. The van der Waals surface area contributed by atoms with E-state index < -0.39 is 11.8 Å². The van der Waals surface area contributed by atoms with Gasteiger partial charge in [0.05, 0.1) is 5.69 Å². The molecule has 0 atom stereocenters. The van der Waals surface area contributed by atoms with Gasteiger partial charge in [0.25, 0.3) is 0 Å². The molecule has 0 aliphatic carbocycles. The molecule has 0 aromatic heterocycles. The van der Waals surface area contributed by atoms with E-state index in [1.807, 2.05) is 6.92 Å². The molecule has 0 unspecified atom stereocenters. The number of nitrogens with one attached hydrogen (secondary N) is 2. The molecule has 2 aromatic rings. The average molecular weight is 300 g/mol. The van der Waals surface area contributed by atoms with Gasteiger partial charge in [0, 0.05) is 12.0 Å². The number of carbonyl (C=O) groups is 1. The normalized spacial score (nSPS) is 11.1. The number of benzene rings is 2. The van der Waals surface area contributed by atoms with Crippen LogP contribution in [0.2, 0.25) is 0 Å². The second-order valence-corrected chi connectivity index (χ2v) is 6.04. The lowest BCUT2D eigenvalue weighted by atomic mass is 9.84. The number of para-hydroxylation sites is 1. The lowest BCUT2D eigenvalue weighted by Crippen LogP contribution is -2.39.